The molecule has 1 aromatic carbocycles. The number of aromatic nitrogens is 2. The van der Waals surface area contributed by atoms with Crippen LogP contribution in [0.25, 0.3) is 5.69 Å². The molecule has 2 aromatic rings. The normalized spacial score (nSPS) is 12.0. The average molecular weight is 328 g/mol. The second-order valence-corrected chi connectivity index (χ2v) is 7.73. The largest absolute Gasteiger partial charge is 0.478 e. The molecule has 0 aliphatic rings. The first kappa shape index (κ1) is 18.2. The minimum atomic E-state index is -0.889. The van der Waals surface area contributed by atoms with Crippen LogP contribution in [0.5, 0.6) is 0 Å². The summed E-state index contributed by atoms with van der Waals surface area (Å²) < 4.78 is 1.80. The first-order chi connectivity index (χ1) is 11.1. The summed E-state index contributed by atoms with van der Waals surface area (Å²) in [7, 11) is 0. The predicted molar refractivity (Wildman–Crippen MR) is 97.1 cm³/mol. The molecular weight excluding hydrogens is 300 g/mol. The second kappa shape index (κ2) is 6.80. The van der Waals surface area contributed by atoms with Crippen molar-refractivity contribution in [2.45, 2.75) is 59.8 Å². The Morgan fingerprint density at radius 3 is 2.21 bits per heavy atom. The van der Waals surface area contributed by atoms with Crippen LogP contribution in [0.15, 0.2) is 24.3 Å². The maximum absolute atomic E-state index is 11.8. The number of aromatic carboxylic acids is 1. The van der Waals surface area contributed by atoms with E-state index in [9.17, 15) is 9.90 Å². The third kappa shape index (κ3) is 3.69. The van der Waals surface area contributed by atoms with Crippen LogP contribution in [-0.4, -0.2) is 20.9 Å². The Labute approximate surface area is 144 Å². The number of carboxylic acid groups (broad SMARTS) is 1. The van der Waals surface area contributed by atoms with E-state index in [2.05, 4.69) is 51.9 Å². The predicted octanol–water partition coefficient (Wildman–Crippen LogP) is 4.63. The molecule has 0 saturated heterocycles. The summed E-state index contributed by atoms with van der Waals surface area (Å²) in [5.41, 5.74) is 4.06. The standard InChI is InChI=1S/C20H28N2O2/c1-7-17-18(19(23)24)16(12-13(2)3)21-22(17)15-10-8-14(9-11-15)20(4,5)6/h8-11,13H,7,12H2,1-6H3,(H,23,24). The number of hydrogen-bond donors (Lipinski definition) is 1. The van der Waals surface area contributed by atoms with Gasteiger partial charge in [-0.2, -0.15) is 5.10 Å². The first-order valence-electron chi connectivity index (χ1n) is 8.60. The molecule has 4 nitrogen and oxygen atoms in total. The van der Waals surface area contributed by atoms with E-state index in [1.54, 1.807) is 4.68 Å². The molecule has 0 saturated carbocycles. The lowest BCUT2D eigenvalue weighted by molar-refractivity contribution is 0.0694. The van der Waals surface area contributed by atoms with Crippen LogP contribution >= 0.6 is 0 Å². The van der Waals surface area contributed by atoms with E-state index < -0.39 is 5.97 Å². The van der Waals surface area contributed by atoms with Gasteiger partial charge in [-0.05, 0) is 41.9 Å². The van der Waals surface area contributed by atoms with E-state index in [-0.39, 0.29) is 5.41 Å². The molecule has 130 valence electrons. The van der Waals surface area contributed by atoms with Gasteiger partial charge in [-0.1, -0.05) is 53.7 Å². The van der Waals surface area contributed by atoms with Crippen molar-refractivity contribution >= 4 is 5.97 Å². The summed E-state index contributed by atoms with van der Waals surface area (Å²) >= 11 is 0. The van der Waals surface area contributed by atoms with Crippen molar-refractivity contribution in [3.63, 3.8) is 0 Å². The molecule has 0 aliphatic carbocycles. The topological polar surface area (TPSA) is 55.1 Å². The maximum Gasteiger partial charge on any atom is 0.339 e. The molecule has 24 heavy (non-hydrogen) atoms. The summed E-state index contributed by atoms with van der Waals surface area (Å²) in [6, 6.07) is 8.24. The smallest absolute Gasteiger partial charge is 0.339 e. The summed E-state index contributed by atoms with van der Waals surface area (Å²) in [4.78, 5) is 11.8. The fraction of sp³-hybridized carbons (Fsp3) is 0.500. The highest BCUT2D eigenvalue weighted by atomic mass is 16.4. The van der Waals surface area contributed by atoms with Crippen molar-refractivity contribution in [2.75, 3.05) is 0 Å². The number of rotatable bonds is 5. The summed E-state index contributed by atoms with van der Waals surface area (Å²) in [5, 5.41) is 14.3. The van der Waals surface area contributed by atoms with Gasteiger partial charge >= 0.3 is 5.97 Å². The van der Waals surface area contributed by atoms with Gasteiger partial charge in [0, 0.05) is 0 Å². The SMILES string of the molecule is CCc1c(C(=O)O)c(CC(C)C)nn1-c1ccc(C(C)(C)C)cc1. The number of benzene rings is 1. The monoisotopic (exact) mass is 328 g/mol. The number of nitrogens with zero attached hydrogens (tertiary/aromatic N) is 2. The fourth-order valence-electron chi connectivity index (χ4n) is 2.92. The minimum Gasteiger partial charge on any atom is -0.478 e. The summed E-state index contributed by atoms with van der Waals surface area (Å²) in [6.07, 6.45) is 1.30. The van der Waals surface area contributed by atoms with E-state index in [1.807, 2.05) is 19.1 Å². The van der Waals surface area contributed by atoms with Crippen molar-refractivity contribution in [3.8, 4) is 5.69 Å². The van der Waals surface area contributed by atoms with Crippen LogP contribution in [0.3, 0.4) is 0 Å². The van der Waals surface area contributed by atoms with Crippen molar-refractivity contribution < 1.29 is 9.90 Å². The quantitative estimate of drug-likeness (QED) is 0.870. The van der Waals surface area contributed by atoms with E-state index >= 15 is 0 Å². The Morgan fingerprint density at radius 2 is 1.79 bits per heavy atom. The fourth-order valence-corrected chi connectivity index (χ4v) is 2.92. The van der Waals surface area contributed by atoms with Crippen molar-refractivity contribution in [3.05, 3.63) is 46.8 Å². The van der Waals surface area contributed by atoms with Crippen LogP contribution in [-0.2, 0) is 18.3 Å². The highest BCUT2D eigenvalue weighted by molar-refractivity contribution is 5.90. The summed E-state index contributed by atoms with van der Waals surface area (Å²) in [5.74, 6) is -0.528. The zero-order valence-corrected chi connectivity index (χ0v) is 15.6. The van der Waals surface area contributed by atoms with Crippen LogP contribution in [0, 0.1) is 5.92 Å². The van der Waals surface area contributed by atoms with Crippen LogP contribution < -0.4 is 0 Å². The molecule has 0 spiro atoms. The molecule has 0 amide bonds. The van der Waals surface area contributed by atoms with Gasteiger partial charge in [-0.25, -0.2) is 9.48 Å². The molecule has 4 heteroatoms. The first-order valence-corrected chi connectivity index (χ1v) is 8.60. The Hall–Kier alpha value is -2.10. The molecule has 1 heterocycles. The van der Waals surface area contributed by atoms with E-state index in [1.165, 1.54) is 5.56 Å². The van der Waals surface area contributed by atoms with Gasteiger partial charge in [0.25, 0.3) is 0 Å². The summed E-state index contributed by atoms with van der Waals surface area (Å²) in [6.45, 7) is 12.7. The highest BCUT2D eigenvalue weighted by Crippen LogP contribution is 2.26. The van der Waals surface area contributed by atoms with Gasteiger partial charge in [0.05, 0.1) is 17.1 Å². The molecule has 0 aliphatic heterocycles. The molecular formula is C20H28N2O2. The lowest BCUT2D eigenvalue weighted by atomic mass is 9.87. The van der Waals surface area contributed by atoms with E-state index in [0.717, 1.165) is 11.4 Å². The lowest BCUT2D eigenvalue weighted by Crippen LogP contribution is -2.11. The molecule has 0 unspecified atom stereocenters. The number of carbonyl (C=O) groups is 1. The van der Waals surface area contributed by atoms with E-state index in [4.69, 9.17) is 0 Å². The Bertz CT molecular complexity index is 719. The van der Waals surface area contributed by atoms with Crippen LogP contribution in [0.1, 0.15) is 68.9 Å². The highest BCUT2D eigenvalue weighted by Gasteiger charge is 2.23. The van der Waals surface area contributed by atoms with Crippen molar-refractivity contribution in [2.24, 2.45) is 5.92 Å². The minimum absolute atomic E-state index is 0.0886. The van der Waals surface area contributed by atoms with Crippen LogP contribution in [0.2, 0.25) is 0 Å². The van der Waals surface area contributed by atoms with Gasteiger partial charge in [0.1, 0.15) is 5.56 Å². The molecule has 1 N–H and O–H groups in total. The van der Waals surface area contributed by atoms with Gasteiger partial charge in [-0.15, -0.1) is 0 Å². The molecule has 2 rings (SSSR count). The Kier molecular flexibility index (Phi) is 5.16. The van der Waals surface area contributed by atoms with Crippen molar-refractivity contribution in [1.82, 2.24) is 9.78 Å². The number of hydrogen-bond acceptors (Lipinski definition) is 2. The average Bonchev–Trinajstić information content (AvgIpc) is 2.84. The zero-order chi connectivity index (χ0) is 18.1. The molecule has 0 bridgehead atoms. The molecule has 0 radical (unpaired) electrons. The zero-order valence-electron chi connectivity index (χ0n) is 15.6. The van der Waals surface area contributed by atoms with E-state index in [0.29, 0.717) is 30.0 Å². The third-order valence-corrected chi connectivity index (χ3v) is 4.18. The second-order valence-electron chi connectivity index (χ2n) is 7.73. The lowest BCUT2D eigenvalue weighted by Gasteiger charge is -2.19. The maximum atomic E-state index is 11.8. The third-order valence-electron chi connectivity index (χ3n) is 4.18. The molecule has 1 aromatic heterocycles. The Balaban J connectivity index is 2.55. The van der Waals surface area contributed by atoms with Crippen molar-refractivity contribution in [1.29, 1.82) is 0 Å². The van der Waals surface area contributed by atoms with Gasteiger partial charge < -0.3 is 5.11 Å². The number of carboxylic acids is 1. The molecule has 0 atom stereocenters. The van der Waals surface area contributed by atoms with Crippen LogP contribution in [0.4, 0.5) is 0 Å². The van der Waals surface area contributed by atoms with Gasteiger partial charge in [0.15, 0.2) is 0 Å². The molecule has 0 fully saturated rings. The van der Waals surface area contributed by atoms with Gasteiger partial charge in [-0.3, -0.25) is 0 Å². The van der Waals surface area contributed by atoms with Gasteiger partial charge in [0.2, 0.25) is 0 Å². The Morgan fingerprint density at radius 1 is 1.21 bits per heavy atom.